The lowest BCUT2D eigenvalue weighted by Crippen LogP contribution is -2.08. The molecule has 2 rings (SSSR count). The molecule has 0 aliphatic heterocycles. The van der Waals surface area contributed by atoms with Crippen molar-refractivity contribution in [2.75, 3.05) is 11.1 Å². The maximum Gasteiger partial charge on any atom is 0.106 e. The zero-order valence-electron chi connectivity index (χ0n) is 12.3. The lowest BCUT2D eigenvalue weighted by Gasteiger charge is -2.19. The lowest BCUT2D eigenvalue weighted by molar-refractivity contribution is 1.02. The highest BCUT2D eigenvalue weighted by Crippen LogP contribution is 2.32. The highest BCUT2D eigenvalue weighted by molar-refractivity contribution is 9.10. The van der Waals surface area contributed by atoms with Crippen molar-refractivity contribution in [3.63, 3.8) is 0 Å². The van der Waals surface area contributed by atoms with E-state index in [2.05, 4.69) is 53.9 Å². The van der Waals surface area contributed by atoms with Crippen molar-refractivity contribution in [1.82, 2.24) is 4.98 Å². The first kappa shape index (κ1) is 14.9. The molecule has 0 amide bonds. The van der Waals surface area contributed by atoms with Crippen LogP contribution in [0.15, 0.2) is 22.8 Å². The first-order valence-corrected chi connectivity index (χ1v) is 7.42. The molecule has 1 heterocycles. The van der Waals surface area contributed by atoms with Crippen molar-refractivity contribution in [3.8, 4) is 0 Å². The largest absolute Gasteiger partial charge is 0.398 e. The number of hydrogen-bond acceptors (Lipinski definition) is 3. The van der Waals surface area contributed by atoms with Gasteiger partial charge < -0.3 is 11.1 Å². The van der Waals surface area contributed by atoms with Crippen LogP contribution in [-0.4, -0.2) is 4.98 Å². The summed E-state index contributed by atoms with van der Waals surface area (Å²) >= 11 is 3.39. The fourth-order valence-electron chi connectivity index (χ4n) is 2.33. The van der Waals surface area contributed by atoms with Crippen molar-refractivity contribution in [2.24, 2.45) is 0 Å². The van der Waals surface area contributed by atoms with Gasteiger partial charge in [-0.15, -0.1) is 0 Å². The molecule has 0 unspecified atom stereocenters. The van der Waals surface area contributed by atoms with E-state index in [1.54, 1.807) is 0 Å². The molecule has 2 aromatic rings. The van der Waals surface area contributed by atoms with Crippen LogP contribution in [0, 0.1) is 27.7 Å². The van der Waals surface area contributed by atoms with Gasteiger partial charge in [0, 0.05) is 11.4 Å². The number of nitrogens with zero attached hydrogens (tertiary/aromatic N) is 1. The van der Waals surface area contributed by atoms with E-state index in [1.165, 1.54) is 11.1 Å². The summed E-state index contributed by atoms with van der Waals surface area (Å²) in [6.45, 7) is 9.05. The molecule has 0 saturated heterocycles. The second kappa shape index (κ2) is 5.83. The van der Waals surface area contributed by atoms with Crippen molar-refractivity contribution in [3.05, 3.63) is 50.8 Å². The Kier molecular flexibility index (Phi) is 4.33. The Bertz CT molecular complexity index is 621. The van der Waals surface area contributed by atoms with Gasteiger partial charge in [0.1, 0.15) is 4.60 Å². The molecule has 0 bridgehead atoms. The number of aromatic nitrogens is 1. The Morgan fingerprint density at radius 2 is 1.65 bits per heavy atom. The molecule has 106 valence electrons. The molecule has 0 atom stereocenters. The first-order chi connectivity index (χ1) is 9.41. The Hall–Kier alpha value is -1.55. The van der Waals surface area contributed by atoms with Gasteiger partial charge >= 0.3 is 0 Å². The summed E-state index contributed by atoms with van der Waals surface area (Å²) in [5.41, 5.74) is 13.9. The molecule has 0 radical (unpaired) electrons. The van der Waals surface area contributed by atoms with Crippen LogP contribution in [0.2, 0.25) is 0 Å². The van der Waals surface area contributed by atoms with Crippen LogP contribution in [-0.2, 0) is 6.54 Å². The number of anilines is 2. The second-order valence-electron chi connectivity index (χ2n) is 5.09. The summed E-state index contributed by atoms with van der Waals surface area (Å²) in [4.78, 5) is 4.44. The van der Waals surface area contributed by atoms with E-state index < -0.39 is 0 Å². The monoisotopic (exact) mass is 333 g/mol. The minimum Gasteiger partial charge on any atom is -0.398 e. The van der Waals surface area contributed by atoms with Gasteiger partial charge in [-0.05, 0) is 78.0 Å². The van der Waals surface area contributed by atoms with Gasteiger partial charge in [0.25, 0.3) is 0 Å². The van der Waals surface area contributed by atoms with Gasteiger partial charge in [-0.2, -0.15) is 0 Å². The highest BCUT2D eigenvalue weighted by atomic mass is 79.9. The normalized spacial score (nSPS) is 10.7. The number of nitrogen functional groups attached to an aromatic ring is 1. The van der Waals surface area contributed by atoms with Crippen LogP contribution in [0.5, 0.6) is 0 Å². The molecule has 0 aliphatic carbocycles. The Morgan fingerprint density at radius 1 is 1.05 bits per heavy atom. The fourth-order valence-corrected chi connectivity index (χ4v) is 2.71. The third-order valence-corrected chi connectivity index (χ3v) is 4.34. The molecule has 0 fully saturated rings. The molecule has 20 heavy (non-hydrogen) atoms. The fraction of sp³-hybridized carbons (Fsp3) is 0.312. The summed E-state index contributed by atoms with van der Waals surface area (Å²) in [6.07, 6.45) is 0. The molecule has 0 spiro atoms. The lowest BCUT2D eigenvalue weighted by atomic mass is 9.96. The van der Waals surface area contributed by atoms with E-state index in [1.807, 2.05) is 18.2 Å². The maximum atomic E-state index is 6.13. The topological polar surface area (TPSA) is 50.9 Å². The van der Waals surface area contributed by atoms with Crippen molar-refractivity contribution in [2.45, 2.75) is 34.2 Å². The van der Waals surface area contributed by atoms with E-state index in [0.717, 1.165) is 32.8 Å². The number of benzene rings is 1. The maximum absolute atomic E-state index is 6.13. The first-order valence-electron chi connectivity index (χ1n) is 6.63. The number of nitrogens with one attached hydrogen (secondary N) is 1. The van der Waals surface area contributed by atoms with Crippen LogP contribution in [0.1, 0.15) is 27.9 Å². The van der Waals surface area contributed by atoms with Gasteiger partial charge in [-0.3, -0.25) is 0 Å². The predicted molar refractivity (Wildman–Crippen MR) is 89.1 cm³/mol. The minimum atomic E-state index is 0.698. The van der Waals surface area contributed by atoms with Gasteiger partial charge in [0.15, 0.2) is 0 Å². The van der Waals surface area contributed by atoms with Crippen molar-refractivity contribution >= 4 is 27.3 Å². The minimum absolute atomic E-state index is 0.698. The van der Waals surface area contributed by atoms with Gasteiger partial charge in [0.2, 0.25) is 0 Å². The molecular weight excluding hydrogens is 314 g/mol. The zero-order chi connectivity index (χ0) is 14.9. The molecular formula is C16H20BrN3. The number of pyridine rings is 1. The zero-order valence-corrected chi connectivity index (χ0v) is 13.9. The molecule has 1 aromatic heterocycles. The number of rotatable bonds is 3. The average Bonchev–Trinajstić information content (AvgIpc) is 2.43. The van der Waals surface area contributed by atoms with E-state index in [0.29, 0.717) is 6.54 Å². The molecule has 3 N–H and O–H groups in total. The summed E-state index contributed by atoms with van der Waals surface area (Å²) in [6, 6.07) is 5.93. The molecule has 0 aliphatic rings. The van der Waals surface area contributed by atoms with Crippen molar-refractivity contribution in [1.29, 1.82) is 0 Å². The molecule has 0 saturated carbocycles. The highest BCUT2D eigenvalue weighted by Gasteiger charge is 2.12. The summed E-state index contributed by atoms with van der Waals surface area (Å²) in [5, 5.41) is 3.49. The van der Waals surface area contributed by atoms with Crippen LogP contribution >= 0.6 is 15.9 Å². The van der Waals surface area contributed by atoms with E-state index in [4.69, 9.17) is 5.73 Å². The molecule has 3 nitrogen and oxygen atoms in total. The number of halogens is 1. The Labute approximate surface area is 128 Å². The van der Waals surface area contributed by atoms with Gasteiger partial charge in [0.05, 0.1) is 12.2 Å². The van der Waals surface area contributed by atoms with E-state index >= 15 is 0 Å². The van der Waals surface area contributed by atoms with Gasteiger partial charge in [-0.25, -0.2) is 4.98 Å². The summed E-state index contributed by atoms with van der Waals surface area (Å²) in [7, 11) is 0. The van der Waals surface area contributed by atoms with E-state index in [9.17, 15) is 0 Å². The van der Waals surface area contributed by atoms with Crippen molar-refractivity contribution < 1.29 is 0 Å². The van der Waals surface area contributed by atoms with E-state index in [-0.39, 0.29) is 0 Å². The predicted octanol–water partition coefficient (Wildman–Crippen LogP) is 4.27. The SMILES string of the molecule is Cc1c(C)c(NCc2cccc(Br)n2)c(C)c(C)c1N. The summed E-state index contributed by atoms with van der Waals surface area (Å²) < 4.78 is 0.856. The second-order valence-corrected chi connectivity index (χ2v) is 5.91. The van der Waals surface area contributed by atoms with Crippen LogP contribution in [0.3, 0.4) is 0 Å². The Morgan fingerprint density at radius 3 is 2.20 bits per heavy atom. The third-order valence-electron chi connectivity index (χ3n) is 3.90. The number of nitrogens with two attached hydrogens (primary N) is 1. The van der Waals surface area contributed by atoms with Gasteiger partial charge in [-0.1, -0.05) is 6.07 Å². The van der Waals surface area contributed by atoms with Crippen LogP contribution in [0.25, 0.3) is 0 Å². The van der Waals surface area contributed by atoms with Crippen LogP contribution in [0.4, 0.5) is 11.4 Å². The average molecular weight is 334 g/mol. The molecule has 1 aromatic carbocycles. The standard InChI is InChI=1S/C16H20BrN3/c1-9-11(3)16(12(4)10(2)15(9)18)19-8-13-6-5-7-14(17)20-13/h5-7,19H,8,18H2,1-4H3. The number of hydrogen-bond donors (Lipinski definition) is 2. The quantitative estimate of drug-likeness (QED) is 0.651. The van der Waals surface area contributed by atoms with Crippen LogP contribution < -0.4 is 11.1 Å². The smallest absolute Gasteiger partial charge is 0.106 e. The Balaban J connectivity index is 2.30. The summed E-state index contributed by atoms with van der Waals surface area (Å²) in [5.74, 6) is 0. The molecule has 4 heteroatoms. The third kappa shape index (κ3) is 2.80.